The van der Waals surface area contributed by atoms with E-state index in [-0.39, 0.29) is 22.8 Å². The zero-order chi connectivity index (χ0) is 17.3. The highest BCUT2D eigenvalue weighted by atomic mass is 35.5. The van der Waals surface area contributed by atoms with Gasteiger partial charge in [-0.15, -0.1) is 0 Å². The van der Waals surface area contributed by atoms with Crippen molar-refractivity contribution >= 4 is 23.3 Å². The molecule has 0 aliphatic rings. The minimum Gasteiger partial charge on any atom is -0.478 e. The Hall–Kier alpha value is -3.26. The summed E-state index contributed by atoms with van der Waals surface area (Å²) in [6, 6.07) is 10.1. The van der Waals surface area contributed by atoms with E-state index in [1.807, 2.05) is 0 Å². The van der Waals surface area contributed by atoms with Crippen molar-refractivity contribution in [1.82, 2.24) is 10.1 Å². The third-order valence-corrected chi connectivity index (χ3v) is 3.45. The van der Waals surface area contributed by atoms with Crippen LogP contribution in [0.1, 0.15) is 10.4 Å². The number of aromatic nitrogens is 2. The highest BCUT2D eigenvalue weighted by molar-refractivity contribution is 6.30. The van der Waals surface area contributed by atoms with Crippen molar-refractivity contribution in [2.24, 2.45) is 0 Å². The Balaban J connectivity index is 2.05. The maximum atomic E-state index is 11.2. The number of carboxylic acids is 1. The van der Waals surface area contributed by atoms with Crippen LogP contribution >= 0.6 is 11.6 Å². The number of rotatable bonds is 4. The molecule has 1 heterocycles. The molecule has 8 nitrogen and oxygen atoms in total. The lowest BCUT2D eigenvalue weighted by Gasteiger charge is -1.99. The van der Waals surface area contributed by atoms with E-state index in [1.165, 1.54) is 12.1 Å². The number of nitro benzene ring substituents is 1. The van der Waals surface area contributed by atoms with Crippen molar-refractivity contribution in [2.45, 2.75) is 0 Å². The van der Waals surface area contributed by atoms with E-state index in [1.54, 1.807) is 24.3 Å². The topological polar surface area (TPSA) is 119 Å². The van der Waals surface area contributed by atoms with Crippen molar-refractivity contribution in [1.29, 1.82) is 0 Å². The molecule has 1 aromatic heterocycles. The first-order chi connectivity index (χ1) is 11.5. The van der Waals surface area contributed by atoms with Crippen molar-refractivity contribution in [3.63, 3.8) is 0 Å². The van der Waals surface area contributed by atoms with Gasteiger partial charge < -0.3 is 9.63 Å². The standard InChI is InChI=1S/C15H8ClN3O5/c16-10-4-1-8(2-5-10)13-17-14(24-18-13)11-6-3-9(15(20)21)7-12(11)19(22)23/h1-7H,(H,20,21). The SMILES string of the molecule is O=C(O)c1ccc(-c2nc(-c3ccc(Cl)cc3)no2)c([N+](=O)[O-])c1. The van der Waals surface area contributed by atoms with Gasteiger partial charge in [-0.3, -0.25) is 10.1 Å². The number of hydrogen-bond acceptors (Lipinski definition) is 6. The molecule has 24 heavy (non-hydrogen) atoms. The van der Waals surface area contributed by atoms with Gasteiger partial charge in [0.1, 0.15) is 5.56 Å². The van der Waals surface area contributed by atoms with Crippen LogP contribution in [-0.4, -0.2) is 26.1 Å². The Morgan fingerprint density at radius 2 is 1.92 bits per heavy atom. The van der Waals surface area contributed by atoms with Crippen LogP contribution in [0.15, 0.2) is 47.0 Å². The van der Waals surface area contributed by atoms with Gasteiger partial charge in [0, 0.05) is 16.7 Å². The van der Waals surface area contributed by atoms with Crippen LogP contribution in [0.4, 0.5) is 5.69 Å². The highest BCUT2D eigenvalue weighted by Gasteiger charge is 2.23. The molecule has 0 aliphatic carbocycles. The summed E-state index contributed by atoms with van der Waals surface area (Å²) in [6.07, 6.45) is 0. The molecule has 0 atom stereocenters. The number of aromatic carboxylic acids is 1. The molecule has 0 saturated heterocycles. The number of benzene rings is 2. The first kappa shape index (κ1) is 15.6. The van der Waals surface area contributed by atoms with Gasteiger partial charge in [-0.25, -0.2) is 4.79 Å². The second-order valence-electron chi connectivity index (χ2n) is 4.72. The smallest absolute Gasteiger partial charge is 0.335 e. The zero-order valence-electron chi connectivity index (χ0n) is 11.8. The van der Waals surface area contributed by atoms with Gasteiger partial charge in [0.2, 0.25) is 5.82 Å². The molecule has 120 valence electrons. The quantitative estimate of drug-likeness (QED) is 0.565. The molecule has 0 fully saturated rings. The van der Waals surface area contributed by atoms with Gasteiger partial charge in [0.15, 0.2) is 0 Å². The second kappa shape index (κ2) is 6.09. The van der Waals surface area contributed by atoms with E-state index in [0.717, 1.165) is 6.07 Å². The predicted molar refractivity (Wildman–Crippen MR) is 83.8 cm³/mol. The van der Waals surface area contributed by atoms with Crippen LogP contribution in [0.3, 0.4) is 0 Å². The predicted octanol–water partition coefficient (Wildman–Crippen LogP) is 3.66. The summed E-state index contributed by atoms with van der Waals surface area (Å²) in [5, 5.41) is 24.5. The van der Waals surface area contributed by atoms with Crippen molar-refractivity contribution in [3.8, 4) is 22.8 Å². The maximum Gasteiger partial charge on any atom is 0.335 e. The van der Waals surface area contributed by atoms with E-state index < -0.39 is 16.6 Å². The molecule has 0 bridgehead atoms. The second-order valence-corrected chi connectivity index (χ2v) is 5.16. The molecule has 0 spiro atoms. The normalized spacial score (nSPS) is 10.5. The summed E-state index contributed by atoms with van der Waals surface area (Å²) >= 11 is 5.81. The average molecular weight is 346 g/mol. The van der Waals surface area contributed by atoms with Crippen LogP contribution in [0.5, 0.6) is 0 Å². The third kappa shape index (κ3) is 2.95. The molecular formula is C15H8ClN3O5. The summed E-state index contributed by atoms with van der Waals surface area (Å²) in [6.45, 7) is 0. The number of carbonyl (C=O) groups is 1. The van der Waals surface area contributed by atoms with Crippen LogP contribution in [0, 0.1) is 10.1 Å². The summed E-state index contributed by atoms with van der Waals surface area (Å²) < 4.78 is 5.08. The van der Waals surface area contributed by atoms with Crippen LogP contribution in [0.2, 0.25) is 5.02 Å². The molecule has 0 radical (unpaired) electrons. The van der Waals surface area contributed by atoms with Crippen molar-refractivity contribution < 1.29 is 19.3 Å². The van der Waals surface area contributed by atoms with Gasteiger partial charge in [-0.05, 0) is 36.4 Å². The van der Waals surface area contributed by atoms with Gasteiger partial charge in [-0.1, -0.05) is 16.8 Å². The number of nitrogens with zero attached hydrogens (tertiary/aromatic N) is 3. The largest absolute Gasteiger partial charge is 0.478 e. The Morgan fingerprint density at radius 1 is 1.21 bits per heavy atom. The first-order valence-electron chi connectivity index (χ1n) is 6.57. The Bertz CT molecular complexity index is 937. The van der Waals surface area contributed by atoms with E-state index >= 15 is 0 Å². The fourth-order valence-corrected chi connectivity index (χ4v) is 2.17. The maximum absolute atomic E-state index is 11.2. The molecule has 2 aromatic carbocycles. The summed E-state index contributed by atoms with van der Waals surface area (Å²) in [4.78, 5) is 25.6. The highest BCUT2D eigenvalue weighted by Crippen LogP contribution is 2.31. The fraction of sp³-hybridized carbons (Fsp3) is 0. The third-order valence-electron chi connectivity index (χ3n) is 3.20. The first-order valence-corrected chi connectivity index (χ1v) is 6.95. The summed E-state index contributed by atoms with van der Waals surface area (Å²) in [7, 11) is 0. The minimum atomic E-state index is -1.27. The Labute approximate surface area is 139 Å². The number of halogens is 1. The molecule has 1 N–H and O–H groups in total. The van der Waals surface area contributed by atoms with Crippen molar-refractivity contribution in [2.75, 3.05) is 0 Å². The zero-order valence-corrected chi connectivity index (χ0v) is 12.6. The lowest BCUT2D eigenvalue weighted by atomic mass is 10.1. The van der Waals surface area contributed by atoms with E-state index in [2.05, 4.69) is 10.1 Å². The Morgan fingerprint density at radius 3 is 2.54 bits per heavy atom. The lowest BCUT2D eigenvalue weighted by Crippen LogP contribution is -1.99. The van der Waals surface area contributed by atoms with Gasteiger partial charge in [0.25, 0.3) is 11.6 Å². The van der Waals surface area contributed by atoms with Crippen LogP contribution in [0.25, 0.3) is 22.8 Å². The van der Waals surface area contributed by atoms with Crippen molar-refractivity contribution in [3.05, 3.63) is 63.2 Å². The molecular weight excluding hydrogens is 338 g/mol. The lowest BCUT2D eigenvalue weighted by molar-refractivity contribution is -0.384. The molecule has 0 amide bonds. The van der Waals surface area contributed by atoms with E-state index in [9.17, 15) is 14.9 Å². The number of hydrogen-bond donors (Lipinski definition) is 1. The van der Waals surface area contributed by atoms with Gasteiger partial charge in [-0.2, -0.15) is 4.98 Å². The van der Waals surface area contributed by atoms with Crippen LogP contribution in [-0.2, 0) is 0 Å². The molecule has 9 heteroatoms. The molecule has 0 unspecified atom stereocenters. The number of nitro groups is 1. The summed E-state index contributed by atoms with van der Waals surface area (Å²) in [5.74, 6) is -1.11. The molecule has 3 rings (SSSR count). The van der Waals surface area contributed by atoms with E-state index in [4.69, 9.17) is 21.2 Å². The summed E-state index contributed by atoms with van der Waals surface area (Å²) in [5.41, 5.74) is 0.0287. The number of carboxylic acid groups (broad SMARTS) is 1. The van der Waals surface area contributed by atoms with E-state index in [0.29, 0.717) is 10.6 Å². The molecule has 0 aliphatic heterocycles. The fourth-order valence-electron chi connectivity index (χ4n) is 2.05. The minimum absolute atomic E-state index is 0.0395. The average Bonchev–Trinajstić information content (AvgIpc) is 3.04. The van der Waals surface area contributed by atoms with Gasteiger partial charge >= 0.3 is 5.97 Å². The molecule has 0 saturated carbocycles. The van der Waals surface area contributed by atoms with Gasteiger partial charge in [0.05, 0.1) is 10.5 Å². The Kier molecular flexibility index (Phi) is 3.97. The monoisotopic (exact) mass is 345 g/mol. The molecule has 3 aromatic rings. The van der Waals surface area contributed by atoms with Crippen LogP contribution < -0.4 is 0 Å².